The molecule has 0 aliphatic carbocycles. The first-order valence-electron chi connectivity index (χ1n) is 6.46. The molecule has 5 nitrogen and oxygen atoms in total. The zero-order chi connectivity index (χ0) is 12.3. The minimum Gasteiger partial charge on any atom is -0.352 e. The highest BCUT2D eigenvalue weighted by molar-refractivity contribution is 5.82. The first kappa shape index (κ1) is 12.4. The van der Waals surface area contributed by atoms with Gasteiger partial charge in [-0.1, -0.05) is 0 Å². The highest BCUT2D eigenvalue weighted by Gasteiger charge is 2.30. The lowest BCUT2D eigenvalue weighted by molar-refractivity contribution is -0.135. The third kappa shape index (κ3) is 3.19. The van der Waals surface area contributed by atoms with Gasteiger partial charge in [-0.25, -0.2) is 0 Å². The van der Waals surface area contributed by atoms with Gasteiger partial charge in [0.05, 0.1) is 6.04 Å². The number of likely N-dealkylation sites (tertiary alicyclic amines) is 1. The molecule has 2 atom stereocenters. The van der Waals surface area contributed by atoms with E-state index in [1.807, 2.05) is 4.90 Å². The van der Waals surface area contributed by atoms with E-state index >= 15 is 0 Å². The molecule has 2 N–H and O–H groups in total. The van der Waals surface area contributed by atoms with Crippen LogP contribution in [0, 0.1) is 0 Å². The third-order valence-electron chi connectivity index (χ3n) is 3.50. The Morgan fingerprint density at radius 3 is 2.76 bits per heavy atom. The van der Waals surface area contributed by atoms with Gasteiger partial charge in [0.2, 0.25) is 11.8 Å². The molecule has 0 aromatic carbocycles. The predicted molar refractivity (Wildman–Crippen MR) is 64.4 cm³/mol. The number of hydrogen-bond acceptors (Lipinski definition) is 3. The topological polar surface area (TPSA) is 61.4 Å². The van der Waals surface area contributed by atoms with E-state index in [4.69, 9.17) is 0 Å². The predicted octanol–water partition coefficient (Wildman–Crippen LogP) is -0.134. The van der Waals surface area contributed by atoms with E-state index in [-0.39, 0.29) is 23.9 Å². The first-order chi connectivity index (χ1) is 8.16. The summed E-state index contributed by atoms with van der Waals surface area (Å²) in [5.41, 5.74) is 0. The Labute approximate surface area is 102 Å². The average Bonchev–Trinajstić information content (AvgIpc) is 2.81. The van der Waals surface area contributed by atoms with Gasteiger partial charge in [-0.05, 0) is 32.2 Å². The molecule has 17 heavy (non-hydrogen) atoms. The summed E-state index contributed by atoms with van der Waals surface area (Å²) in [7, 11) is 0. The summed E-state index contributed by atoms with van der Waals surface area (Å²) in [5, 5.41) is 6.13. The van der Waals surface area contributed by atoms with Gasteiger partial charge < -0.3 is 15.5 Å². The average molecular weight is 239 g/mol. The molecule has 0 unspecified atom stereocenters. The van der Waals surface area contributed by atoms with Crippen LogP contribution in [0.1, 0.15) is 32.6 Å². The van der Waals surface area contributed by atoms with Crippen LogP contribution in [-0.2, 0) is 9.59 Å². The Bertz CT molecular complexity index is 300. The Morgan fingerprint density at radius 2 is 2.12 bits per heavy atom. The molecule has 0 aromatic rings. The van der Waals surface area contributed by atoms with E-state index in [0.717, 1.165) is 38.8 Å². The van der Waals surface area contributed by atoms with Crippen LogP contribution < -0.4 is 10.6 Å². The number of nitrogens with one attached hydrogen (secondary N) is 2. The van der Waals surface area contributed by atoms with Crippen molar-refractivity contribution in [3.05, 3.63) is 0 Å². The Morgan fingerprint density at radius 1 is 1.29 bits per heavy atom. The minimum atomic E-state index is -0.0108. The highest BCUT2D eigenvalue weighted by Crippen LogP contribution is 2.14. The van der Waals surface area contributed by atoms with E-state index in [2.05, 4.69) is 10.6 Å². The molecule has 2 rings (SSSR count). The molecular formula is C12H21N3O2. The molecule has 5 heteroatoms. The maximum atomic E-state index is 12.2. The van der Waals surface area contributed by atoms with Gasteiger partial charge in [0.15, 0.2) is 0 Å². The number of nitrogens with zero attached hydrogens (tertiary/aromatic N) is 1. The fourth-order valence-corrected chi connectivity index (χ4v) is 2.70. The minimum absolute atomic E-state index is 0.00563. The van der Waals surface area contributed by atoms with Crippen LogP contribution in [0.15, 0.2) is 0 Å². The Kier molecular flexibility index (Phi) is 3.99. The molecule has 0 spiro atoms. The van der Waals surface area contributed by atoms with Crippen LogP contribution in [0.25, 0.3) is 0 Å². The van der Waals surface area contributed by atoms with Crippen LogP contribution in [-0.4, -0.2) is 48.4 Å². The van der Waals surface area contributed by atoms with Gasteiger partial charge in [0.1, 0.15) is 0 Å². The zero-order valence-corrected chi connectivity index (χ0v) is 10.4. The molecule has 2 aliphatic heterocycles. The van der Waals surface area contributed by atoms with Gasteiger partial charge in [0.25, 0.3) is 0 Å². The van der Waals surface area contributed by atoms with E-state index in [1.54, 1.807) is 0 Å². The number of rotatable bonds is 2. The van der Waals surface area contributed by atoms with Crippen molar-refractivity contribution < 1.29 is 9.59 Å². The highest BCUT2D eigenvalue weighted by atomic mass is 16.2. The van der Waals surface area contributed by atoms with Crippen LogP contribution >= 0.6 is 0 Å². The Hall–Kier alpha value is -1.10. The molecule has 2 aliphatic rings. The van der Waals surface area contributed by atoms with E-state index < -0.39 is 0 Å². The third-order valence-corrected chi connectivity index (χ3v) is 3.50. The van der Waals surface area contributed by atoms with Crippen LogP contribution in [0.4, 0.5) is 0 Å². The van der Waals surface area contributed by atoms with Crippen molar-refractivity contribution >= 4 is 11.8 Å². The quantitative estimate of drug-likeness (QED) is 0.705. The number of amides is 2. The molecule has 0 aromatic heterocycles. The summed E-state index contributed by atoms with van der Waals surface area (Å²) in [4.78, 5) is 25.1. The number of carbonyl (C=O) groups excluding carboxylic acids is 2. The van der Waals surface area contributed by atoms with E-state index in [0.29, 0.717) is 6.54 Å². The molecule has 0 saturated carbocycles. The first-order valence-corrected chi connectivity index (χ1v) is 6.46. The molecule has 0 radical (unpaired) electrons. The van der Waals surface area contributed by atoms with Crippen molar-refractivity contribution in [3.63, 3.8) is 0 Å². The number of carbonyl (C=O) groups is 2. The smallest absolute Gasteiger partial charge is 0.239 e. The van der Waals surface area contributed by atoms with E-state index in [1.165, 1.54) is 6.92 Å². The number of piperidine rings is 1. The maximum absolute atomic E-state index is 12.2. The monoisotopic (exact) mass is 239 g/mol. The lowest BCUT2D eigenvalue weighted by Crippen LogP contribution is -2.53. The lowest BCUT2D eigenvalue weighted by atomic mass is 10.0. The molecule has 2 heterocycles. The summed E-state index contributed by atoms with van der Waals surface area (Å²) in [6, 6.07) is 0.137. The fourth-order valence-electron chi connectivity index (χ4n) is 2.70. The Balaban J connectivity index is 1.87. The summed E-state index contributed by atoms with van der Waals surface area (Å²) >= 11 is 0. The molecule has 2 amide bonds. The SMILES string of the molecule is CC(=O)N[C@H]1CCCN(C(=O)[C@H]2CCCN2)C1. The molecule has 96 valence electrons. The molecular weight excluding hydrogens is 218 g/mol. The zero-order valence-electron chi connectivity index (χ0n) is 10.4. The second kappa shape index (κ2) is 5.49. The van der Waals surface area contributed by atoms with Gasteiger partial charge in [-0.15, -0.1) is 0 Å². The number of hydrogen-bond donors (Lipinski definition) is 2. The van der Waals surface area contributed by atoms with Crippen LogP contribution in [0.2, 0.25) is 0 Å². The molecule has 2 fully saturated rings. The van der Waals surface area contributed by atoms with Crippen molar-refractivity contribution in [2.24, 2.45) is 0 Å². The molecule has 0 bridgehead atoms. The van der Waals surface area contributed by atoms with Gasteiger partial charge in [-0.2, -0.15) is 0 Å². The summed E-state index contributed by atoms with van der Waals surface area (Å²) < 4.78 is 0. The van der Waals surface area contributed by atoms with Gasteiger partial charge in [0, 0.05) is 26.1 Å². The van der Waals surface area contributed by atoms with Crippen LogP contribution in [0.3, 0.4) is 0 Å². The summed E-state index contributed by atoms with van der Waals surface area (Å²) in [6.45, 7) is 3.96. The van der Waals surface area contributed by atoms with Crippen molar-refractivity contribution in [2.45, 2.75) is 44.7 Å². The van der Waals surface area contributed by atoms with Crippen molar-refractivity contribution in [2.75, 3.05) is 19.6 Å². The largest absolute Gasteiger partial charge is 0.352 e. The fraction of sp³-hybridized carbons (Fsp3) is 0.833. The second-order valence-electron chi connectivity index (χ2n) is 4.97. The summed E-state index contributed by atoms with van der Waals surface area (Å²) in [5.74, 6) is 0.195. The van der Waals surface area contributed by atoms with Crippen molar-refractivity contribution in [1.82, 2.24) is 15.5 Å². The normalized spacial score (nSPS) is 29.1. The van der Waals surface area contributed by atoms with Crippen molar-refractivity contribution in [1.29, 1.82) is 0 Å². The lowest BCUT2D eigenvalue weighted by Gasteiger charge is -2.34. The standard InChI is InChI=1S/C12H21N3O2/c1-9(16)14-10-4-3-7-15(8-10)12(17)11-5-2-6-13-11/h10-11,13H,2-8H2,1H3,(H,14,16)/t10-,11+/m0/s1. The van der Waals surface area contributed by atoms with Crippen molar-refractivity contribution in [3.8, 4) is 0 Å². The van der Waals surface area contributed by atoms with Gasteiger partial charge in [-0.3, -0.25) is 9.59 Å². The van der Waals surface area contributed by atoms with Gasteiger partial charge >= 0.3 is 0 Å². The second-order valence-corrected chi connectivity index (χ2v) is 4.97. The van der Waals surface area contributed by atoms with E-state index in [9.17, 15) is 9.59 Å². The summed E-state index contributed by atoms with van der Waals surface area (Å²) in [6.07, 6.45) is 3.98. The molecule has 2 saturated heterocycles. The maximum Gasteiger partial charge on any atom is 0.239 e. The van der Waals surface area contributed by atoms with Crippen LogP contribution in [0.5, 0.6) is 0 Å².